The van der Waals surface area contributed by atoms with Gasteiger partial charge >= 0.3 is 0 Å². The molecule has 15 heavy (non-hydrogen) atoms. The molecule has 0 aliphatic carbocycles. The summed E-state index contributed by atoms with van der Waals surface area (Å²) in [6.45, 7) is 5.97. The Bertz CT molecular complexity index is 257. The smallest absolute Gasteiger partial charge is 0.0948 e. The van der Waals surface area contributed by atoms with Crippen LogP contribution in [-0.2, 0) is 13.1 Å². The maximum Gasteiger partial charge on any atom is 0.0948 e. The first-order chi connectivity index (χ1) is 7.38. The van der Waals surface area contributed by atoms with E-state index in [1.165, 1.54) is 5.69 Å². The van der Waals surface area contributed by atoms with Crippen molar-refractivity contribution in [3.63, 3.8) is 0 Å². The van der Waals surface area contributed by atoms with Crippen LogP contribution in [0.5, 0.6) is 0 Å². The predicted octanol–water partition coefficient (Wildman–Crippen LogP) is 1.12. The second-order valence-corrected chi connectivity index (χ2v) is 3.75. The molecule has 0 unspecified atom stereocenters. The van der Waals surface area contributed by atoms with Crippen molar-refractivity contribution in [2.24, 2.45) is 5.73 Å². The first kappa shape index (κ1) is 12.2. The van der Waals surface area contributed by atoms with E-state index in [0.29, 0.717) is 0 Å². The molecule has 0 saturated carbocycles. The summed E-state index contributed by atoms with van der Waals surface area (Å²) in [4.78, 5) is 4.16. The number of hydrogen-bond donors (Lipinski definition) is 2. The number of aromatic nitrogens is 2. The topological polar surface area (TPSA) is 55.9 Å². The SMILES string of the molecule is CCCn1cncc1CNCCCCN. The molecule has 3 N–H and O–H groups in total. The molecular formula is C11H22N4. The fraction of sp³-hybridized carbons (Fsp3) is 0.727. The van der Waals surface area contributed by atoms with Crippen LogP contribution in [0, 0.1) is 0 Å². The molecule has 0 amide bonds. The van der Waals surface area contributed by atoms with E-state index in [9.17, 15) is 0 Å². The highest BCUT2D eigenvalue weighted by Gasteiger charge is 1.99. The molecule has 1 heterocycles. The lowest BCUT2D eigenvalue weighted by Crippen LogP contribution is -2.18. The van der Waals surface area contributed by atoms with Gasteiger partial charge in [-0.05, 0) is 32.4 Å². The third-order valence-electron chi connectivity index (χ3n) is 2.38. The zero-order valence-corrected chi connectivity index (χ0v) is 9.58. The predicted molar refractivity (Wildman–Crippen MR) is 62.5 cm³/mol. The molecule has 4 nitrogen and oxygen atoms in total. The maximum absolute atomic E-state index is 5.43. The summed E-state index contributed by atoms with van der Waals surface area (Å²) in [5, 5.41) is 3.41. The van der Waals surface area contributed by atoms with Gasteiger partial charge in [0, 0.05) is 19.3 Å². The molecule has 4 heteroatoms. The summed E-state index contributed by atoms with van der Waals surface area (Å²) in [6.07, 6.45) is 7.24. The highest BCUT2D eigenvalue weighted by molar-refractivity contribution is 4.97. The standard InChI is InChI=1S/C11H22N4/c1-2-7-15-10-14-9-11(15)8-13-6-4-3-5-12/h9-10,13H,2-8,12H2,1H3. The number of imidazole rings is 1. The number of nitrogens with zero attached hydrogens (tertiary/aromatic N) is 2. The highest BCUT2D eigenvalue weighted by atomic mass is 15.1. The van der Waals surface area contributed by atoms with Crippen LogP contribution >= 0.6 is 0 Å². The first-order valence-electron chi connectivity index (χ1n) is 5.78. The van der Waals surface area contributed by atoms with E-state index < -0.39 is 0 Å². The molecule has 0 spiro atoms. The average molecular weight is 210 g/mol. The minimum atomic E-state index is 0.787. The molecule has 0 bridgehead atoms. The van der Waals surface area contributed by atoms with Gasteiger partial charge in [-0.25, -0.2) is 4.98 Å². The average Bonchev–Trinajstić information content (AvgIpc) is 2.66. The van der Waals surface area contributed by atoms with Gasteiger partial charge < -0.3 is 15.6 Å². The molecule has 0 fully saturated rings. The van der Waals surface area contributed by atoms with Gasteiger partial charge in [0.15, 0.2) is 0 Å². The van der Waals surface area contributed by atoms with Crippen LogP contribution in [0.2, 0.25) is 0 Å². The number of aryl methyl sites for hydroxylation is 1. The first-order valence-corrected chi connectivity index (χ1v) is 5.78. The van der Waals surface area contributed by atoms with Crippen LogP contribution in [0.15, 0.2) is 12.5 Å². The molecule has 0 radical (unpaired) electrons. The normalized spacial score (nSPS) is 10.8. The zero-order valence-electron chi connectivity index (χ0n) is 9.58. The number of rotatable bonds is 8. The van der Waals surface area contributed by atoms with Gasteiger partial charge in [-0.15, -0.1) is 0 Å². The van der Waals surface area contributed by atoms with E-state index in [1.807, 2.05) is 12.5 Å². The second-order valence-electron chi connectivity index (χ2n) is 3.75. The lowest BCUT2D eigenvalue weighted by Gasteiger charge is -2.07. The Morgan fingerprint density at radius 2 is 2.33 bits per heavy atom. The summed E-state index contributed by atoms with van der Waals surface area (Å²) in [5.74, 6) is 0. The van der Waals surface area contributed by atoms with Gasteiger partial charge in [0.05, 0.1) is 12.0 Å². The van der Waals surface area contributed by atoms with Gasteiger partial charge in [0.1, 0.15) is 0 Å². The van der Waals surface area contributed by atoms with Crippen molar-refractivity contribution in [3.05, 3.63) is 18.2 Å². The Morgan fingerprint density at radius 3 is 3.07 bits per heavy atom. The number of nitrogens with one attached hydrogen (secondary N) is 1. The second kappa shape index (κ2) is 7.43. The third-order valence-corrected chi connectivity index (χ3v) is 2.38. The van der Waals surface area contributed by atoms with Crippen molar-refractivity contribution in [2.75, 3.05) is 13.1 Å². The van der Waals surface area contributed by atoms with Crippen molar-refractivity contribution in [3.8, 4) is 0 Å². The Balaban J connectivity index is 2.21. The minimum absolute atomic E-state index is 0.787. The molecule has 1 aromatic rings. The molecule has 1 aromatic heterocycles. The Kier molecular flexibility index (Phi) is 6.04. The molecule has 0 aromatic carbocycles. The van der Waals surface area contributed by atoms with Crippen LogP contribution in [0.1, 0.15) is 31.9 Å². The van der Waals surface area contributed by atoms with E-state index >= 15 is 0 Å². The van der Waals surface area contributed by atoms with E-state index in [2.05, 4.69) is 21.8 Å². The molecule has 0 atom stereocenters. The van der Waals surface area contributed by atoms with Crippen LogP contribution < -0.4 is 11.1 Å². The summed E-state index contributed by atoms with van der Waals surface area (Å²) < 4.78 is 2.20. The van der Waals surface area contributed by atoms with Gasteiger partial charge in [-0.3, -0.25) is 0 Å². The number of unbranched alkanes of at least 4 members (excludes halogenated alkanes) is 1. The summed E-state index contributed by atoms with van der Waals surface area (Å²) in [6, 6.07) is 0. The third kappa shape index (κ3) is 4.44. The van der Waals surface area contributed by atoms with E-state index in [1.54, 1.807) is 0 Å². The Hall–Kier alpha value is -0.870. The van der Waals surface area contributed by atoms with Crippen LogP contribution in [0.4, 0.5) is 0 Å². The molecule has 0 saturated heterocycles. The van der Waals surface area contributed by atoms with Crippen molar-refractivity contribution < 1.29 is 0 Å². The Morgan fingerprint density at radius 1 is 1.47 bits per heavy atom. The number of hydrogen-bond acceptors (Lipinski definition) is 3. The van der Waals surface area contributed by atoms with Gasteiger partial charge in [-0.2, -0.15) is 0 Å². The monoisotopic (exact) mass is 210 g/mol. The van der Waals surface area contributed by atoms with Crippen LogP contribution in [0.3, 0.4) is 0 Å². The summed E-state index contributed by atoms with van der Waals surface area (Å²) in [7, 11) is 0. The van der Waals surface area contributed by atoms with Crippen molar-refractivity contribution in [2.45, 2.75) is 39.3 Å². The van der Waals surface area contributed by atoms with E-state index in [-0.39, 0.29) is 0 Å². The number of nitrogens with two attached hydrogens (primary N) is 1. The zero-order chi connectivity index (χ0) is 10.9. The fourth-order valence-corrected chi connectivity index (χ4v) is 1.55. The Labute approximate surface area is 91.9 Å². The lowest BCUT2D eigenvalue weighted by atomic mass is 10.3. The van der Waals surface area contributed by atoms with Crippen LogP contribution in [-0.4, -0.2) is 22.6 Å². The summed E-state index contributed by atoms with van der Waals surface area (Å²) >= 11 is 0. The van der Waals surface area contributed by atoms with Gasteiger partial charge in [0.25, 0.3) is 0 Å². The van der Waals surface area contributed by atoms with E-state index in [0.717, 1.165) is 45.4 Å². The van der Waals surface area contributed by atoms with Crippen LogP contribution in [0.25, 0.3) is 0 Å². The maximum atomic E-state index is 5.43. The molecular weight excluding hydrogens is 188 g/mol. The van der Waals surface area contributed by atoms with Crippen molar-refractivity contribution in [1.29, 1.82) is 0 Å². The largest absolute Gasteiger partial charge is 0.333 e. The molecule has 86 valence electrons. The molecule has 1 rings (SSSR count). The fourth-order valence-electron chi connectivity index (χ4n) is 1.55. The van der Waals surface area contributed by atoms with Crippen molar-refractivity contribution >= 4 is 0 Å². The van der Waals surface area contributed by atoms with Gasteiger partial charge in [-0.1, -0.05) is 6.92 Å². The van der Waals surface area contributed by atoms with Gasteiger partial charge in [0.2, 0.25) is 0 Å². The molecule has 0 aliphatic heterocycles. The minimum Gasteiger partial charge on any atom is -0.333 e. The highest BCUT2D eigenvalue weighted by Crippen LogP contribution is 2.00. The van der Waals surface area contributed by atoms with E-state index in [4.69, 9.17) is 5.73 Å². The summed E-state index contributed by atoms with van der Waals surface area (Å²) in [5.41, 5.74) is 6.70. The lowest BCUT2D eigenvalue weighted by molar-refractivity contribution is 0.582. The quantitative estimate of drug-likeness (QED) is 0.632. The van der Waals surface area contributed by atoms with Crippen molar-refractivity contribution in [1.82, 2.24) is 14.9 Å². The molecule has 0 aliphatic rings.